The zero-order valence-corrected chi connectivity index (χ0v) is 36.7. The summed E-state index contributed by atoms with van der Waals surface area (Å²) >= 11 is 0. The van der Waals surface area contributed by atoms with Crippen molar-refractivity contribution in [3.8, 4) is 11.1 Å². The first-order valence-corrected chi connectivity index (χ1v) is 22.5. The highest BCUT2D eigenvalue weighted by molar-refractivity contribution is 6.16. The van der Waals surface area contributed by atoms with E-state index in [9.17, 15) is 0 Å². The summed E-state index contributed by atoms with van der Waals surface area (Å²) in [6.07, 6.45) is 0. The average molecular weight is 837 g/mol. The molecular formula is C61H44N2O2. The minimum Gasteiger partial charge on any atom is -0.454 e. The summed E-state index contributed by atoms with van der Waals surface area (Å²) in [5.41, 5.74) is 17.2. The van der Waals surface area contributed by atoms with Crippen molar-refractivity contribution in [1.29, 1.82) is 0 Å². The van der Waals surface area contributed by atoms with Crippen molar-refractivity contribution in [2.45, 2.75) is 33.1 Å². The van der Waals surface area contributed by atoms with E-state index in [0.717, 1.165) is 89.1 Å². The molecule has 0 aliphatic heterocycles. The Kier molecular flexibility index (Phi) is 8.05. The van der Waals surface area contributed by atoms with Crippen LogP contribution < -0.4 is 9.80 Å². The van der Waals surface area contributed by atoms with Crippen LogP contribution in [0.4, 0.5) is 34.1 Å². The monoisotopic (exact) mass is 836 g/mol. The van der Waals surface area contributed by atoms with Crippen molar-refractivity contribution in [2.24, 2.45) is 0 Å². The van der Waals surface area contributed by atoms with E-state index in [1.54, 1.807) is 0 Å². The Balaban J connectivity index is 1.01. The Bertz CT molecular complexity index is 3900. The number of hydrogen-bond acceptors (Lipinski definition) is 4. The van der Waals surface area contributed by atoms with Crippen LogP contribution in [-0.2, 0) is 5.41 Å². The molecule has 0 N–H and O–H groups in total. The molecule has 1 aliphatic rings. The Morgan fingerprint density at radius 1 is 0.369 bits per heavy atom. The van der Waals surface area contributed by atoms with Crippen molar-refractivity contribution in [2.75, 3.05) is 9.80 Å². The highest BCUT2D eigenvalue weighted by Crippen LogP contribution is 2.57. The maximum atomic E-state index is 6.85. The van der Waals surface area contributed by atoms with Crippen molar-refractivity contribution >= 4 is 99.5 Å². The molecule has 0 bridgehead atoms. The molecule has 310 valence electrons. The van der Waals surface area contributed by atoms with Gasteiger partial charge in [-0.3, -0.25) is 0 Å². The predicted octanol–water partition coefficient (Wildman–Crippen LogP) is 17.7. The average Bonchev–Trinajstić information content (AvgIpc) is 4.00. The van der Waals surface area contributed by atoms with Gasteiger partial charge >= 0.3 is 0 Å². The number of para-hydroxylation sites is 6. The quantitative estimate of drug-likeness (QED) is 0.167. The molecule has 0 saturated heterocycles. The topological polar surface area (TPSA) is 32.8 Å². The molecule has 0 saturated carbocycles. The number of fused-ring (bicyclic) bond motifs is 13. The van der Waals surface area contributed by atoms with Gasteiger partial charge in [0.15, 0.2) is 11.2 Å². The molecule has 12 aromatic rings. The van der Waals surface area contributed by atoms with E-state index in [2.05, 4.69) is 232 Å². The molecule has 65 heavy (non-hydrogen) atoms. The minimum atomic E-state index is -0.327. The molecule has 0 spiro atoms. The summed E-state index contributed by atoms with van der Waals surface area (Å²) in [5, 5.41) is 9.36. The lowest BCUT2D eigenvalue weighted by Crippen LogP contribution is -2.17. The number of benzene rings is 10. The van der Waals surface area contributed by atoms with Crippen molar-refractivity contribution < 1.29 is 8.83 Å². The maximum absolute atomic E-state index is 6.85. The Morgan fingerprint density at radius 2 is 0.877 bits per heavy atom. The standard InChI is InChI=1S/C61H44N2O2/c1-37-17-13-25-46-48-27-15-29-52(59(48)64-57(37)46)62(40-19-7-5-8-20-40)42-32-34-43-39(35-42)31-33-50-55-45-24-12-11-23-44(45)54(36-51(55)61(3,4)56(43)50)63(41-21-9-6-10-22-41)53-30-16-28-49-47-26-14-18-38(2)58(47)65-60(49)53/h5-36H,1-4H3. The molecule has 0 amide bonds. The van der Waals surface area contributed by atoms with Gasteiger partial charge in [-0.15, -0.1) is 0 Å². The summed E-state index contributed by atoms with van der Waals surface area (Å²) in [7, 11) is 0. The molecule has 1 aliphatic carbocycles. The molecule has 13 rings (SSSR count). The molecule has 0 atom stereocenters. The zero-order valence-electron chi connectivity index (χ0n) is 36.7. The molecule has 4 heteroatoms. The third-order valence-electron chi connectivity index (χ3n) is 14.0. The lowest BCUT2D eigenvalue weighted by molar-refractivity contribution is 0.665. The van der Waals surface area contributed by atoms with Gasteiger partial charge in [-0.05, 0) is 118 Å². The molecule has 0 radical (unpaired) electrons. The van der Waals surface area contributed by atoms with E-state index >= 15 is 0 Å². The number of anilines is 6. The first kappa shape index (κ1) is 37.5. The molecule has 2 heterocycles. The first-order chi connectivity index (χ1) is 31.8. The first-order valence-electron chi connectivity index (χ1n) is 22.5. The van der Waals surface area contributed by atoms with Crippen LogP contribution in [0, 0.1) is 13.8 Å². The van der Waals surface area contributed by atoms with E-state index in [-0.39, 0.29) is 5.41 Å². The SMILES string of the molecule is Cc1cccc2c1oc1c(N(c3ccccc3)c3ccc4c5c(ccc4c3)-c3c(cc(N(c4ccccc4)c4cccc6c4oc4c(C)cccc46)c4ccccc34)C5(C)C)cccc12. The summed E-state index contributed by atoms with van der Waals surface area (Å²) in [5.74, 6) is 0. The van der Waals surface area contributed by atoms with Crippen LogP contribution in [0.5, 0.6) is 0 Å². The van der Waals surface area contributed by atoms with Gasteiger partial charge in [0.25, 0.3) is 0 Å². The molecule has 10 aromatic carbocycles. The van der Waals surface area contributed by atoms with Gasteiger partial charge in [0.1, 0.15) is 11.2 Å². The predicted molar refractivity (Wildman–Crippen MR) is 272 cm³/mol. The van der Waals surface area contributed by atoms with Gasteiger partial charge in [-0.2, -0.15) is 0 Å². The van der Waals surface area contributed by atoms with E-state index in [1.165, 1.54) is 43.8 Å². The van der Waals surface area contributed by atoms with Gasteiger partial charge in [0, 0.05) is 49.4 Å². The number of nitrogens with zero attached hydrogens (tertiary/aromatic N) is 2. The van der Waals surface area contributed by atoms with Crippen LogP contribution in [0.25, 0.3) is 76.5 Å². The molecular weight excluding hydrogens is 793 g/mol. The van der Waals surface area contributed by atoms with Gasteiger partial charge in [0.05, 0.1) is 17.1 Å². The summed E-state index contributed by atoms with van der Waals surface area (Å²) in [6, 6.07) is 70.3. The maximum Gasteiger partial charge on any atom is 0.159 e. The van der Waals surface area contributed by atoms with E-state index in [0.29, 0.717) is 0 Å². The van der Waals surface area contributed by atoms with Gasteiger partial charge in [-0.1, -0.05) is 153 Å². The largest absolute Gasteiger partial charge is 0.454 e. The molecule has 0 unspecified atom stereocenters. The number of furan rings is 2. The molecule has 4 nitrogen and oxygen atoms in total. The Hall–Kier alpha value is -8.08. The summed E-state index contributed by atoms with van der Waals surface area (Å²) < 4.78 is 13.6. The summed E-state index contributed by atoms with van der Waals surface area (Å²) in [4.78, 5) is 4.75. The Labute approximate surface area is 377 Å². The molecule has 2 aromatic heterocycles. The second-order valence-electron chi connectivity index (χ2n) is 18.1. The van der Waals surface area contributed by atoms with Crippen molar-refractivity contribution in [1.82, 2.24) is 0 Å². The third-order valence-corrected chi connectivity index (χ3v) is 14.0. The van der Waals surface area contributed by atoms with Crippen LogP contribution in [0.2, 0.25) is 0 Å². The lowest BCUT2D eigenvalue weighted by atomic mass is 9.79. The number of hydrogen-bond donors (Lipinski definition) is 0. The zero-order chi connectivity index (χ0) is 43.6. The molecule has 0 fully saturated rings. The smallest absolute Gasteiger partial charge is 0.159 e. The summed E-state index contributed by atoms with van der Waals surface area (Å²) in [6.45, 7) is 9.05. The third kappa shape index (κ3) is 5.44. The van der Waals surface area contributed by atoms with E-state index < -0.39 is 0 Å². The van der Waals surface area contributed by atoms with E-state index in [1.807, 2.05) is 0 Å². The second kappa shape index (κ2) is 14.0. The number of rotatable bonds is 6. The van der Waals surface area contributed by atoms with Crippen LogP contribution in [0.3, 0.4) is 0 Å². The minimum absolute atomic E-state index is 0.327. The highest BCUT2D eigenvalue weighted by Gasteiger charge is 2.39. The fraction of sp³-hybridized carbons (Fsp3) is 0.0820. The van der Waals surface area contributed by atoms with Crippen LogP contribution in [0.1, 0.15) is 36.1 Å². The highest BCUT2D eigenvalue weighted by atomic mass is 16.3. The van der Waals surface area contributed by atoms with Gasteiger partial charge < -0.3 is 18.6 Å². The lowest BCUT2D eigenvalue weighted by Gasteiger charge is -2.30. The Morgan fingerprint density at radius 3 is 1.49 bits per heavy atom. The van der Waals surface area contributed by atoms with Crippen molar-refractivity contribution in [3.63, 3.8) is 0 Å². The number of aryl methyl sites for hydroxylation is 2. The normalized spacial score (nSPS) is 13.0. The second-order valence-corrected chi connectivity index (χ2v) is 18.1. The van der Waals surface area contributed by atoms with Crippen LogP contribution in [-0.4, -0.2) is 0 Å². The fourth-order valence-electron chi connectivity index (χ4n) is 11.0. The van der Waals surface area contributed by atoms with Crippen molar-refractivity contribution in [3.05, 3.63) is 216 Å². The van der Waals surface area contributed by atoms with E-state index in [4.69, 9.17) is 8.83 Å². The fourth-order valence-corrected chi connectivity index (χ4v) is 11.0. The van der Waals surface area contributed by atoms with Crippen LogP contribution in [0.15, 0.2) is 203 Å². The van der Waals surface area contributed by atoms with Gasteiger partial charge in [0.2, 0.25) is 0 Å². The van der Waals surface area contributed by atoms with Gasteiger partial charge in [-0.25, -0.2) is 0 Å². The van der Waals surface area contributed by atoms with Crippen LogP contribution >= 0.6 is 0 Å².